The zero-order chi connectivity index (χ0) is 18.1. The van der Waals surface area contributed by atoms with Gasteiger partial charge >= 0.3 is 0 Å². The molecular weight excluding hydrogens is 334 g/mol. The molecule has 6 atom stereocenters. The van der Waals surface area contributed by atoms with Crippen LogP contribution in [-0.2, 0) is 14.3 Å². The number of hydrogen-bond acceptors (Lipinski definition) is 6. The maximum atomic E-state index is 12.7. The van der Waals surface area contributed by atoms with Crippen molar-refractivity contribution in [3.05, 3.63) is 29.8 Å². The molecule has 4 rings (SSSR count). The standard InChI is InChI=1S/C19H27N3O4/c1-24-10-14-17(13-7-8-26-18(13)14)20-19(23)16-9-15(21-22-16)11-3-5-12(25-2)6-4-11/h3-6,13-18,21-22H,7-10H2,1-2H3,(H,20,23)/t13-,14-,15?,16?,17-,18-/m0/s1. The number of rotatable bonds is 6. The minimum Gasteiger partial charge on any atom is -0.497 e. The number of fused-ring (bicyclic) bond motifs is 1. The van der Waals surface area contributed by atoms with Crippen LogP contribution < -0.4 is 20.9 Å². The number of nitrogens with one attached hydrogen (secondary N) is 3. The molecule has 142 valence electrons. The van der Waals surface area contributed by atoms with E-state index in [1.165, 1.54) is 0 Å². The van der Waals surface area contributed by atoms with Gasteiger partial charge in [0, 0.05) is 37.6 Å². The Hall–Kier alpha value is -1.67. The van der Waals surface area contributed by atoms with E-state index in [1.807, 2.05) is 24.3 Å². The molecule has 2 aliphatic heterocycles. The van der Waals surface area contributed by atoms with Crippen molar-refractivity contribution in [1.82, 2.24) is 16.2 Å². The van der Waals surface area contributed by atoms with Gasteiger partial charge in [-0.2, -0.15) is 0 Å². The number of hydrogen-bond donors (Lipinski definition) is 3. The van der Waals surface area contributed by atoms with Crippen molar-refractivity contribution in [3.63, 3.8) is 0 Å². The van der Waals surface area contributed by atoms with E-state index < -0.39 is 0 Å². The van der Waals surface area contributed by atoms with Crippen LogP contribution in [0.15, 0.2) is 24.3 Å². The van der Waals surface area contributed by atoms with Crippen LogP contribution in [-0.4, -0.2) is 51.5 Å². The monoisotopic (exact) mass is 361 g/mol. The molecule has 7 heteroatoms. The number of amides is 1. The summed E-state index contributed by atoms with van der Waals surface area (Å²) < 4.78 is 16.3. The molecule has 3 N–H and O–H groups in total. The number of carbonyl (C=O) groups is 1. The fraction of sp³-hybridized carbons (Fsp3) is 0.632. The van der Waals surface area contributed by atoms with Crippen LogP contribution in [0.5, 0.6) is 5.75 Å². The zero-order valence-corrected chi connectivity index (χ0v) is 15.2. The van der Waals surface area contributed by atoms with Crippen molar-refractivity contribution < 1.29 is 19.0 Å². The molecule has 3 fully saturated rings. The summed E-state index contributed by atoms with van der Waals surface area (Å²) in [5.41, 5.74) is 7.51. The Kier molecular flexibility index (Phi) is 5.13. The van der Waals surface area contributed by atoms with Crippen LogP contribution in [0.4, 0.5) is 0 Å². The number of hydrazine groups is 1. The predicted molar refractivity (Wildman–Crippen MR) is 95.6 cm³/mol. The fourth-order valence-electron chi connectivity index (χ4n) is 4.48. The Bertz CT molecular complexity index is 638. The molecule has 0 bridgehead atoms. The molecule has 26 heavy (non-hydrogen) atoms. The van der Waals surface area contributed by atoms with Crippen molar-refractivity contribution in [2.45, 2.75) is 37.1 Å². The molecule has 0 spiro atoms. The average Bonchev–Trinajstić information content (AvgIpc) is 3.32. The van der Waals surface area contributed by atoms with Crippen molar-refractivity contribution in [1.29, 1.82) is 0 Å². The van der Waals surface area contributed by atoms with Gasteiger partial charge in [-0.15, -0.1) is 0 Å². The van der Waals surface area contributed by atoms with Crippen molar-refractivity contribution in [3.8, 4) is 5.75 Å². The summed E-state index contributed by atoms with van der Waals surface area (Å²) in [7, 11) is 3.35. The molecule has 2 unspecified atom stereocenters. The lowest BCUT2D eigenvalue weighted by Crippen LogP contribution is -2.64. The molecule has 0 radical (unpaired) electrons. The van der Waals surface area contributed by atoms with Crippen LogP contribution >= 0.6 is 0 Å². The highest BCUT2D eigenvalue weighted by atomic mass is 16.5. The second-order valence-electron chi connectivity index (χ2n) is 7.34. The lowest BCUT2D eigenvalue weighted by molar-refractivity contribution is -0.131. The maximum absolute atomic E-state index is 12.7. The van der Waals surface area contributed by atoms with Gasteiger partial charge in [-0.05, 0) is 30.5 Å². The van der Waals surface area contributed by atoms with Gasteiger partial charge in [0.25, 0.3) is 0 Å². The SMILES string of the molecule is COC[C@H]1[C@@H](NC(=O)C2CC(c3ccc(OC)cc3)NN2)[C@@H]2CCO[C@@H]21. The summed E-state index contributed by atoms with van der Waals surface area (Å²) in [5, 5.41) is 3.23. The highest BCUT2D eigenvalue weighted by Gasteiger charge is 2.54. The van der Waals surface area contributed by atoms with Crippen LogP contribution in [0.25, 0.3) is 0 Å². The van der Waals surface area contributed by atoms with Gasteiger partial charge in [0.15, 0.2) is 0 Å². The zero-order valence-electron chi connectivity index (χ0n) is 15.2. The third-order valence-electron chi connectivity index (χ3n) is 5.93. The number of carbonyl (C=O) groups excluding carboxylic acids is 1. The van der Waals surface area contributed by atoms with Crippen LogP contribution in [0.3, 0.4) is 0 Å². The minimum absolute atomic E-state index is 0.0463. The van der Waals surface area contributed by atoms with Crippen molar-refractivity contribution >= 4 is 5.91 Å². The second kappa shape index (κ2) is 7.52. The summed E-state index contributed by atoms with van der Waals surface area (Å²) in [6.07, 6.45) is 1.97. The third-order valence-corrected chi connectivity index (χ3v) is 5.93. The second-order valence-corrected chi connectivity index (χ2v) is 7.34. The van der Waals surface area contributed by atoms with Crippen LogP contribution in [0.2, 0.25) is 0 Å². The van der Waals surface area contributed by atoms with E-state index in [9.17, 15) is 4.79 Å². The number of methoxy groups -OCH3 is 2. The molecule has 1 aromatic carbocycles. The minimum atomic E-state index is -0.244. The van der Waals surface area contributed by atoms with Gasteiger partial charge in [-0.1, -0.05) is 12.1 Å². The summed E-state index contributed by atoms with van der Waals surface area (Å²) in [4.78, 5) is 12.7. The molecule has 7 nitrogen and oxygen atoms in total. The third kappa shape index (κ3) is 3.20. The Morgan fingerprint density at radius 1 is 1.27 bits per heavy atom. The molecule has 1 saturated carbocycles. The Morgan fingerprint density at radius 3 is 2.81 bits per heavy atom. The Morgan fingerprint density at radius 2 is 2.08 bits per heavy atom. The highest BCUT2D eigenvalue weighted by molar-refractivity contribution is 5.82. The van der Waals surface area contributed by atoms with E-state index in [0.717, 1.165) is 24.3 Å². The number of ether oxygens (including phenoxy) is 3. The first-order valence-corrected chi connectivity index (χ1v) is 9.27. The van der Waals surface area contributed by atoms with Crippen LogP contribution in [0, 0.1) is 11.8 Å². The summed E-state index contributed by atoms with van der Waals surface area (Å²) in [6, 6.07) is 7.95. The quantitative estimate of drug-likeness (QED) is 0.694. The smallest absolute Gasteiger partial charge is 0.238 e. The highest BCUT2D eigenvalue weighted by Crippen LogP contribution is 2.43. The van der Waals surface area contributed by atoms with Crippen molar-refractivity contribution in [2.75, 3.05) is 27.4 Å². The maximum Gasteiger partial charge on any atom is 0.238 e. The Labute approximate surface area is 153 Å². The van der Waals surface area contributed by atoms with E-state index in [-0.39, 0.29) is 36.1 Å². The molecule has 0 aromatic heterocycles. The van der Waals surface area contributed by atoms with Gasteiger partial charge in [0.05, 0.1) is 19.8 Å². The van der Waals surface area contributed by atoms with Gasteiger partial charge in [-0.25, -0.2) is 10.9 Å². The number of benzene rings is 1. The topological polar surface area (TPSA) is 80.9 Å². The van der Waals surface area contributed by atoms with Gasteiger partial charge < -0.3 is 19.5 Å². The van der Waals surface area contributed by atoms with Gasteiger partial charge in [0.2, 0.25) is 5.91 Å². The summed E-state index contributed by atoms with van der Waals surface area (Å²) in [5.74, 6) is 1.55. The molecule has 1 aromatic rings. The first-order valence-electron chi connectivity index (χ1n) is 9.27. The summed E-state index contributed by atoms with van der Waals surface area (Å²) >= 11 is 0. The van der Waals surface area contributed by atoms with Gasteiger partial charge in [-0.3, -0.25) is 4.79 Å². The molecule has 2 heterocycles. The fourth-order valence-corrected chi connectivity index (χ4v) is 4.48. The normalized spacial score (nSPS) is 35.6. The van der Waals surface area contributed by atoms with Gasteiger partial charge in [0.1, 0.15) is 11.8 Å². The van der Waals surface area contributed by atoms with E-state index >= 15 is 0 Å². The lowest BCUT2D eigenvalue weighted by Gasteiger charge is -2.47. The van der Waals surface area contributed by atoms with E-state index in [0.29, 0.717) is 18.9 Å². The van der Waals surface area contributed by atoms with E-state index in [2.05, 4.69) is 16.2 Å². The first kappa shape index (κ1) is 17.7. The molecule has 1 amide bonds. The molecular formula is C19H27N3O4. The first-order chi connectivity index (χ1) is 12.7. The van der Waals surface area contributed by atoms with Crippen LogP contribution in [0.1, 0.15) is 24.4 Å². The molecule has 1 aliphatic carbocycles. The van der Waals surface area contributed by atoms with Crippen molar-refractivity contribution in [2.24, 2.45) is 11.8 Å². The largest absolute Gasteiger partial charge is 0.497 e. The molecule has 2 saturated heterocycles. The summed E-state index contributed by atoms with van der Waals surface area (Å²) in [6.45, 7) is 1.40. The lowest BCUT2D eigenvalue weighted by atomic mass is 9.67. The predicted octanol–water partition coefficient (Wildman–Crippen LogP) is 0.769. The average molecular weight is 361 g/mol. The Balaban J connectivity index is 1.34. The molecule has 3 aliphatic rings. The van der Waals surface area contributed by atoms with E-state index in [4.69, 9.17) is 14.2 Å². The van der Waals surface area contributed by atoms with E-state index in [1.54, 1.807) is 14.2 Å².